The Balaban J connectivity index is 2.29. The number of nitrogens with one attached hydrogen (secondary N) is 1. The fraction of sp³-hybridized carbons (Fsp3) is 0.0625. The summed E-state index contributed by atoms with van der Waals surface area (Å²) in [5.41, 5.74) is 0.0346. The molecule has 0 amide bonds. The third-order valence-corrected chi connectivity index (χ3v) is 3.33. The Morgan fingerprint density at radius 3 is 2.50 bits per heavy atom. The number of nitrogens with zero attached hydrogens (tertiary/aromatic N) is 1. The zero-order valence-electron chi connectivity index (χ0n) is 11.7. The van der Waals surface area contributed by atoms with Gasteiger partial charge in [-0.1, -0.05) is 18.2 Å². The summed E-state index contributed by atoms with van der Waals surface area (Å²) in [4.78, 5) is 38.9. The SMILES string of the molecule is COC(=O)c1ccc2c(=O)n(-c3ccccc3)c(=O)[nH]c2c1. The minimum absolute atomic E-state index is 0.266. The summed E-state index contributed by atoms with van der Waals surface area (Å²) in [5, 5.41) is 0.316. The number of hydrogen-bond acceptors (Lipinski definition) is 4. The molecular weight excluding hydrogens is 284 g/mol. The van der Waals surface area contributed by atoms with Crippen molar-refractivity contribution < 1.29 is 9.53 Å². The van der Waals surface area contributed by atoms with Crippen LogP contribution in [0.4, 0.5) is 0 Å². The largest absolute Gasteiger partial charge is 0.465 e. The lowest BCUT2D eigenvalue weighted by atomic mass is 10.1. The van der Waals surface area contributed by atoms with Crippen molar-refractivity contribution in [1.82, 2.24) is 9.55 Å². The molecule has 1 heterocycles. The Labute approximate surface area is 124 Å². The van der Waals surface area contributed by atoms with Gasteiger partial charge >= 0.3 is 11.7 Å². The summed E-state index contributed by atoms with van der Waals surface area (Å²) in [6.07, 6.45) is 0. The van der Waals surface area contributed by atoms with E-state index in [1.807, 2.05) is 0 Å². The molecule has 0 aliphatic rings. The first-order valence-electron chi connectivity index (χ1n) is 6.54. The van der Waals surface area contributed by atoms with Crippen LogP contribution in [0.15, 0.2) is 58.1 Å². The number of aromatic nitrogens is 2. The molecule has 0 atom stereocenters. The molecular formula is C16H12N2O4. The maximum atomic E-state index is 12.5. The van der Waals surface area contributed by atoms with Crippen LogP contribution >= 0.6 is 0 Å². The molecule has 3 rings (SSSR count). The van der Waals surface area contributed by atoms with Crippen LogP contribution in [0.3, 0.4) is 0 Å². The van der Waals surface area contributed by atoms with Crippen molar-refractivity contribution in [2.75, 3.05) is 7.11 Å². The molecule has 110 valence electrons. The smallest absolute Gasteiger partial charge is 0.337 e. The van der Waals surface area contributed by atoms with Crippen LogP contribution in [0.5, 0.6) is 0 Å². The molecule has 0 radical (unpaired) electrons. The molecule has 0 bridgehead atoms. The Morgan fingerprint density at radius 1 is 1.09 bits per heavy atom. The Hall–Kier alpha value is -3.15. The van der Waals surface area contributed by atoms with Crippen molar-refractivity contribution in [3.8, 4) is 5.69 Å². The second-order valence-electron chi connectivity index (χ2n) is 4.66. The van der Waals surface area contributed by atoms with E-state index >= 15 is 0 Å². The predicted molar refractivity (Wildman–Crippen MR) is 81.5 cm³/mol. The summed E-state index contributed by atoms with van der Waals surface area (Å²) in [6.45, 7) is 0. The average molecular weight is 296 g/mol. The predicted octanol–water partition coefficient (Wildman–Crippen LogP) is 1.47. The second kappa shape index (κ2) is 5.33. The Morgan fingerprint density at radius 2 is 1.82 bits per heavy atom. The number of ether oxygens (including phenoxy) is 1. The fourth-order valence-corrected chi connectivity index (χ4v) is 2.27. The molecule has 6 nitrogen and oxygen atoms in total. The standard InChI is InChI=1S/C16H12N2O4/c1-22-15(20)10-7-8-12-13(9-10)17-16(21)18(14(12)19)11-5-3-2-4-6-11/h2-9H,1H3,(H,17,21). The summed E-state index contributed by atoms with van der Waals surface area (Å²) >= 11 is 0. The first-order chi connectivity index (χ1) is 10.6. The molecule has 0 unspecified atom stereocenters. The van der Waals surface area contributed by atoms with Gasteiger partial charge in [0.1, 0.15) is 0 Å². The average Bonchev–Trinajstić information content (AvgIpc) is 2.54. The van der Waals surface area contributed by atoms with Gasteiger partial charge in [-0.15, -0.1) is 0 Å². The Kier molecular flexibility index (Phi) is 3.34. The highest BCUT2D eigenvalue weighted by Gasteiger charge is 2.12. The number of hydrogen-bond donors (Lipinski definition) is 1. The van der Waals surface area contributed by atoms with Gasteiger partial charge in [-0.2, -0.15) is 0 Å². The molecule has 1 aromatic heterocycles. The molecule has 0 aliphatic heterocycles. The molecule has 0 saturated heterocycles. The van der Waals surface area contributed by atoms with Gasteiger partial charge in [0.25, 0.3) is 5.56 Å². The maximum absolute atomic E-state index is 12.5. The lowest BCUT2D eigenvalue weighted by Crippen LogP contribution is -2.33. The van der Waals surface area contributed by atoms with Crippen molar-refractivity contribution in [3.63, 3.8) is 0 Å². The summed E-state index contributed by atoms with van der Waals surface area (Å²) in [7, 11) is 1.27. The van der Waals surface area contributed by atoms with Crippen molar-refractivity contribution in [3.05, 3.63) is 74.9 Å². The highest BCUT2D eigenvalue weighted by Crippen LogP contribution is 2.11. The second-order valence-corrected chi connectivity index (χ2v) is 4.66. The zero-order chi connectivity index (χ0) is 15.7. The normalized spacial score (nSPS) is 10.6. The number of aromatic amines is 1. The Bertz CT molecular complexity index is 971. The molecule has 22 heavy (non-hydrogen) atoms. The van der Waals surface area contributed by atoms with Gasteiger partial charge in [0.2, 0.25) is 0 Å². The number of fused-ring (bicyclic) bond motifs is 1. The van der Waals surface area contributed by atoms with E-state index in [1.54, 1.807) is 30.3 Å². The molecule has 1 N–H and O–H groups in total. The highest BCUT2D eigenvalue weighted by molar-refractivity contribution is 5.93. The first kappa shape index (κ1) is 13.8. The molecule has 0 spiro atoms. The van der Waals surface area contributed by atoms with E-state index in [1.165, 1.54) is 25.3 Å². The van der Waals surface area contributed by atoms with Gasteiger partial charge < -0.3 is 9.72 Å². The van der Waals surface area contributed by atoms with E-state index < -0.39 is 17.2 Å². The number of methoxy groups -OCH3 is 1. The minimum Gasteiger partial charge on any atom is -0.465 e. The number of esters is 1. The highest BCUT2D eigenvalue weighted by atomic mass is 16.5. The van der Waals surface area contributed by atoms with Crippen LogP contribution in [0.1, 0.15) is 10.4 Å². The van der Waals surface area contributed by atoms with Crippen molar-refractivity contribution in [2.24, 2.45) is 0 Å². The number of para-hydroxylation sites is 1. The third-order valence-electron chi connectivity index (χ3n) is 3.33. The maximum Gasteiger partial charge on any atom is 0.337 e. The lowest BCUT2D eigenvalue weighted by molar-refractivity contribution is 0.0601. The van der Waals surface area contributed by atoms with Gasteiger partial charge in [-0.25, -0.2) is 14.2 Å². The molecule has 0 saturated carbocycles. The number of benzene rings is 2. The fourth-order valence-electron chi connectivity index (χ4n) is 2.27. The minimum atomic E-state index is -0.564. The monoisotopic (exact) mass is 296 g/mol. The van der Waals surface area contributed by atoms with Crippen molar-refractivity contribution >= 4 is 16.9 Å². The zero-order valence-corrected chi connectivity index (χ0v) is 11.7. The van der Waals surface area contributed by atoms with Gasteiger partial charge in [0, 0.05) is 0 Å². The molecule has 2 aromatic carbocycles. The van der Waals surface area contributed by atoms with E-state index in [-0.39, 0.29) is 5.56 Å². The first-order valence-corrected chi connectivity index (χ1v) is 6.54. The molecule has 3 aromatic rings. The van der Waals surface area contributed by atoms with Crippen molar-refractivity contribution in [1.29, 1.82) is 0 Å². The molecule has 0 aliphatic carbocycles. The summed E-state index contributed by atoms with van der Waals surface area (Å²) in [5.74, 6) is -0.532. The van der Waals surface area contributed by atoms with Crippen molar-refractivity contribution in [2.45, 2.75) is 0 Å². The summed E-state index contributed by atoms with van der Waals surface area (Å²) < 4.78 is 5.68. The molecule has 0 fully saturated rings. The van der Waals surface area contributed by atoms with Gasteiger partial charge in [-0.05, 0) is 30.3 Å². The molecule has 6 heteroatoms. The van der Waals surface area contributed by atoms with Crippen LogP contribution < -0.4 is 11.2 Å². The van der Waals surface area contributed by atoms with E-state index in [9.17, 15) is 14.4 Å². The number of rotatable bonds is 2. The van der Waals surface area contributed by atoms with E-state index in [0.717, 1.165) is 4.57 Å². The summed E-state index contributed by atoms with van der Waals surface area (Å²) in [6, 6.07) is 13.0. The van der Waals surface area contributed by atoms with Crippen LogP contribution in [-0.2, 0) is 4.74 Å². The van der Waals surface area contributed by atoms with E-state index in [2.05, 4.69) is 9.72 Å². The van der Waals surface area contributed by atoms with E-state index in [4.69, 9.17) is 0 Å². The van der Waals surface area contributed by atoms with Gasteiger partial charge in [0.15, 0.2) is 0 Å². The quantitative estimate of drug-likeness (QED) is 0.726. The number of carbonyl (C=O) groups is 1. The van der Waals surface area contributed by atoms with Crippen LogP contribution in [0, 0.1) is 0 Å². The number of H-pyrrole nitrogens is 1. The lowest BCUT2D eigenvalue weighted by Gasteiger charge is -2.07. The van der Waals surface area contributed by atoms with Crippen LogP contribution in [-0.4, -0.2) is 22.6 Å². The van der Waals surface area contributed by atoms with Crippen LogP contribution in [0.25, 0.3) is 16.6 Å². The van der Waals surface area contributed by atoms with Gasteiger partial charge in [0.05, 0.1) is 29.3 Å². The van der Waals surface area contributed by atoms with E-state index in [0.29, 0.717) is 16.6 Å². The topological polar surface area (TPSA) is 81.2 Å². The van der Waals surface area contributed by atoms with Crippen LogP contribution in [0.2, 0.25) is 0 Å². The number of carbonyl (C=O) groups excluding carboxylic acids is 1. The van der Waals surface area contributed by atoms with Gasteiger partial charge in [-0.3, -0.25) is 4.79 Å². The third kappa shape index (κ3) is 2.20.